The van der Waals surface area contributed by atoms with Crippen molar-refractivity contribution in [2.45, 2.75) is 12.1 Å². The van der Waals surface area contributed by atoms with Crippen molar-refractivity contribution in [1.29, 1.82) is 0 Å². The van der Waals surface area contributed by atoms with Gasteiger partial charge in [0.1, 0.15) is 6.04 Å². The third-order valence-corrected chi connectivity index (χ3v) is 6.01. The summed E-state index contributed by atoms with van der Waals surface area (Å²) in [7, 11) is 1.52. The predicted molar refractivity (Wildman–Crippen MR) is 99.4 cm³/mol. The van der Waals surface area contributed by atoms with Crippen molar-refractivity contribution in [2.75, 3.05) is 7.05 Å². The van der Waals surface area contributed by atoms with Crippen LogP contribution in [0.1, 0.15) is 27.5 Å². The summed E-state index contributed by atoms with van der Waals surface area (Å²) in [5.74, 6) is -1.77. The molecule has 2 aromatic rings. The molecule has 0 spiro atoms. The Morgan fingerprint density at radius 1 is 0.889 bits per heavy atom. The smallest absolute Gasteiger partial charge is 0.235 e. The van der Waals surface area contributed by atoms with E-state index in [2.05, 4.69) is 0 Å². The summed E-state index contributed by atoms with van der Waals surface area (Å²) in [6, 6.07) is 15.9. The van der Waals surface area contributed by atoms with Crippen molar-refractivity contribution in [3.05, 3.63) is 77.5 Å². The van der Waals surface area contributed by atoms with E-state index in [0.717, 1.165) is 11.1 Å². The summed E-state index contributed by atoms with van der Waals surface area (Å²) in [6.45, 7) is 0. The number of nitrogens with zero attached hydrogens (tertiary/aromatic N) is 2. The second-order valence-corrected chi connectivity index (χ2v) is 7.30. The zero-order valence-electron chi connectivity index (χ0n) is 14.8. The van der Waals surface area contributed by atoms with Crippen LogP contribution in [0.2, 0.25) is 0 Å². The highest BCUT2D eigenvalue weighted by Gasteiger charge is 2.63. The van der Waals surface area contributed by atoms with Gasteiger partial charge < -0.3 is 4.90 Å². The summed E-state index contributed by atoms with van der Waals surface area (Å²) >= 11 is 0. The molecule has 27 heavy (non-hydrogen) atoms. The van der Waals surface area contributed by atoms with Gasteiger partial charge in [-0.05, 0) is 17.2 Å². The maximum atomic E-state index is 13.4. The average molecular weight is 358 g/mol. The first-order valence-electron chi connectivity index (χ1n) is 9.05. The Hall–Kier alpha value is -3.21. The number of hydrogen-bond acceptors (Lipinski definition) is 4. The monoisotopic (exact) mass is 358 g/mol. The van der Waals surface area contributed by atoms with Crippen molar-refractivity contribution in [3.8, 4) is 0 Å². The van der Waals surface area contributed by atoms with Crippen molar-refractivity contribution in [3.63, 3.8) is 0 Å². The van der Waals surface area contributed by atoms with Crippen LogP contribution in [0.15, 0.2) is 60.8 Å². The fraction of sp³-hybridized carbons (Fsp3) is 0.227. The maximum Gasteiger partial charge on any atom is 0.235 e. The number of carbonyl (C=O) groups excluding carboxylic acids is 3. The lowest BCUT2D eigenvalue weighted by Crippen LogP contribution is -2.43. The van der Waals surface area contributed by atoms with Gasteiger partial charge in [-0.25, -0.2) is 0 Å². The van der Waals surface area contributed by atoms with Crippen LogP contribution in [0.3, 0.4) is 0 Å². The zero-order chi connectivity index (χ0) is 18.7. The molecule has 2 aromatic carbocycles. The van der Waals surface area contributed by atoms with Gasteiger partial charge in [-0.2, -0.15) is 0 Å². The highest BCUT2D eigenvalue weighted by atomic mass is 16.2. The lowest BCUT2D eigenvalue weighted by atomic mass is 9.83. The molecule has 2 amide bonds. The van der Waals surface area contributed by atoms with Gasteiger partial charge in [-0.1, -0.05) is 54.6 Å². The minimum atomic E-state index is -0.673. The average Bonchev–Trinajstić information content (AvgIpc) is 3.17. The molecule has 0 saturated carbocycles. The van der Waals surface area contributed by atoms with E-state index in [0.29, 0.717) is 5.56 Å². The van der Waals surface area contributed by atoms with Crippen molar-refractivity contribution >= 4 is 23.7 Å². The van der Waals surface area contributed by atoms with Gasteiger partial charge in [-0.3, -0.25) is 19.3 Å². The summed E-state index contributed by atoms with van der Waals surface area (Å²) in [5.41, 5.74) is 2.58. The molecule has 4 atom stereocenters. The fourth-order valence-electron chi connectivity index (χ4n) is 4.78. The topological polar surface area (TPSA) is 57.7 Å². The predicted octanol–water partition coefficient (Wildman–Crippen LogP) is 2.51. The Morgan fingerprint density at radius 3 is 2.33 bits per heavy atom. The first kappa shape index (κ1) is 16.0. The summed E-state index contributed by atoms with van der Waals surface area (Å²) in [4.78, 5) is 42.3. The van der Waals surface area contributed by atoms with Gasteiger partial charge in [-0.15, -0.1) is 0 Å². The molecular formula is C22H18N2O3. The Bertz CT molecular complexity index is 998. The van der Waals surface area contributed by atoms with Gasteiger partial charge >= 0.3 is 0 Å². The van der Waals surface area contributed by atoms with Gasteiger partial charge in [0, 0.05) is 18.8 Å². The Balaban J connectivity index is 1.67. The molecule has 0 unspecified atom stereocenters. The number of amides is 2. The van der Waals surface area contributed by atoms with E-state index in [-0.39, 0.29) is 23.6 Å². The fourth-order valence-corrected chi connectivity index (χ4v) is 4.78. The number of hydrogen-bond donors (Lipinski definition) is 0. The molecule has 0 radical (unpaired) electrons. The molecule has 0 aromatic heterocycles. The van der Waals surface area contributed by atoms with Crippen LogP contribution < -0.4 is 0 Å². The molecule has 3 heterocycles. The molecule has 134 valence electrons. The first-order chi connectivity index (χ1) is 13.1. The third kappa shape index (κ3) is 2.08. The molecule has 3 aliphatic heterocycles. The lowest BCUT2D eigenvalue weighted by Gasteiger charge is -2.35. The van der Waals surface area contributed by atoms with Crippen molar-refractivity contribution < 1.29 is 14.4 Å². The standard InChI is InChI=1S/C22H18N2O3/c1-23-21(26)16-17(22(23)27)19(20(25)14-8-3-2-4-9-14)24-12-11-13-7-5-6-10-15(13)18(16)24/h2-12,16-19H,1H3/t16-,17+,18+,19-/m1/s1. The summed E-state index contributed by atoms with van der Waals surface area (Å²) in [5, 5.41) is 0. The number of fused-ring (bicyclic) bond motifs is 5. The molecule has 2 saturated heterocycles. The van der Waals surface area contributed by atoms with Crippen LogP contribution in [0.4, 0.5) is 0 Å². The van der Waals surface area contributed by atoms with E-state index in [1.165, 1.54) is 11.9 Å². The minimum Gasteiger partial charge on any atom is -0.358 e. The molecule has 2 fully saturated rings. The van der Waals surface area contributed by atoms with E-state index in [9.17, 15) is 14.4 Å². The van der Waals surface area contributed by atoms with Crippen molar-refractivity contribution in [2.24, 2.45) is 11.8 Å². The Labute approximate surface area is 156 Å². The second-order valence-electron chi connectivity index (χ2n) is 7.30. The van der Waals surface area contributed by atoms with Gasteiger partial charge in [0.25, 0.3) is 0 Å². The maximum absolute atomic E-state index is 13.4. The zero-order valence-corrected chi connectivity index (χ0v) is 14.8. The first-order valence-corrected chi connectivity index (χ1v) is 9.05. The second kappa shape index (κ2) is 5.64. The Kier molecular flexibility index (Phi) is 3.34. The molecule has 0 bridgehead atoms. The molecule has 5 rings (SSSR count). The minimum absolute atomic E-state index is 0.117. The highest BCUT2D eigenvalue weighted by molar-refractivity contribution is 6.11. The van der Waals surface area contributed by atoms with Crippen LogP contribution in [-0.2, 0) is 9.59 Å². The lowest BCUT2D eigenvalue weighted by molar-refractivity contribution is -0.139. The van der Waals surface area contributed by atoms with E-state index in [1.54, 1.807) is 12.1 Å². The van der Waals surface area contributed by atoms with Crippen LogP contribution in [0.25, 0.3) is 6.08 Å². The molecule has 0 aliphatic carbocycles. The SMILES string of the molecule is CN1C(=O)[C@@H]2[C@H](C1=O)[C@H](C(=O)c1ccccc1)N1C=Cc3ccccc3[C@@H]21. The highest BCUT2D eigenvalue weighted by Crippen LogP contribution is 2.52. The molecule has 0 N–H and O–H groups in total. The molecule has 5 heteroatoms. The number of carbonyl (C=O) groups is 3. The van der Waals surface area contributed by atoms with E-state index in [4.69, 9.17) is 0 Å². The van der Waals surface area contributed by atoms with Gasteiger partial charge in [0.2, 0.25) is 11.8 Å². The van der Waals surface area contributed by atoms with Crippen LogP contribution in [0, 0.1) is 11.8 Å². The number of rotatable bonds is 2. The van der Waals surface area contributed by atoms with E-state index < -0.39 is 17.9 Å². The summed E-state index contributed by atoms with van der Waals surface area (Å²) < 4.78 is 0. The molecule has 5 nitrogen and oxygen atoms in total. The third-order valence-electron chi connectivity index (χ3n) is 6.01. The Morgan fingerprint density at radius 2 is 1.56 bits per heavy atom. The van der Waals surface area contributed by atoms with E-state index >= 15 is 0 Å². The largest absolute Gasteiger partial charge is 0.358 e. The normalized spacial score (nSPS) is 28.2. The number of imide groups is 1. The molecular weight excluding hydrogens is 340 g/mol. The van der Waals surface area contributed by atoms with E-state index in [1.807, 2.05) is 59.6 Å². The quantitative estimate of drug-likeness (QED) is 0.611. The number of benzene rings is 2. The van der Waals surface area contributed by atoms with Crippen LogP contribution >= 0.6 is 0 Å². The number of ketones is 1. The summed E-state index contributed by atoms with van der Waals surface area (Å²) in [6.07, 6.45) is 3.83. The van der Waals surface area contributed by atoms with Crippen LogP contribution in [0.5, 0.6) is 0 Å². The van der Waals surface area contributed by atoms with Crippen LogP contribution in [-0.4, -0.2) is 40.5 Å². The number of likely N-dealkylation sites (tertiary alicyclic amines) is 1. The number of Topliss-reactive ketones (excluding diaryl/α,β-unsaturated/α-hetero) is 1. The van der Waals surface area contributed by atoms with Gasteiger partial charge in [0.15, 0.2) is 5.78 Å². The van der Waals surface area contributed by atoms with Crippen molar-refractivity contribution in [1.82, 2.24) is 9.80 Å². The molecule has 3 aliphatic rings. The van der Waals surface area contributed by atoms with Gasteiger partial charge in [0.05, 0.1) is 17.9 Å².